The maximum atomic E-state index is 12.7. The molecule has 1 aliphatic heterocycles. The Labute approximate surface area is 151 Å². The highest BCUT2D eigenvalue weighted by Crippen LogP contribution is 2.24. The fourth-order valence-corrected chi connectivity index (χ4v) is 4.08. The minimum atomic E-state index is 0.0498. The van der Waals surface area contributed by atoms with Crippen molar-refractivity contribution in [3.8, 4) is 0 Å². The molecule has 1 saturated heterocycles. The van der Waals surface area contributed by atoms with E-state index in [2.05, 4.69) is 38.9 Å². The van der Waals surface area contributed by atoms with Gasteiger partial charge in [0.2, 0.25) is 5.91 Å². The second-order valence-corrected chi connectivity index (χ2v) is 7.46. The Morgan fingerprint density at radius 3 is 3.00 bits per heavy atom. The summed E-state index contributed by atoms with van der Waals surface area (Å²) < 4.78 is 5.33. The van der Waals surface area contributed by atoms with Crippen molar-refractivity contribution < 1.29 is 4.79 Å². The van der Waals surface area contributed by atoms with Crippen LogP contribution in [0.1, 0.15) is 18.4 Å². The van der Waals surface area contributed by atoms with Crippen LogP contribution in [0.3, 0.4) is 0 Å². The normalized spacial score (nSPS) is 18.3. The van der Waals surface area contributed by atoms with Crippen LogP contribution in [-0.4, -0.2) is 28.3 Å². The fourth-order valence-electron chi connectivity index (χ4n) is 3.45. The quantitative estimate of drug-likeness (QED) is 0.768. The molecule has 25 heavy (non-hydrogen) atoms. The zero-order valence-electron chi connectivity index (χ0n) is 14.0. The second-order valence-electron chi connectivity index (χ2n) is 6.63. The number of carbonyl (C=O) groups excluding carboxylic acids is 1. The lowest BCUT2D eigenvalue weighted by Crippen LogP contribution is -2.40. The third-order valence-corrected chi connectivity index (χ3v) is 5.52. The van der Waals surface area contributed by atoms with Crippen LogP contribution in [0.2, 0.25) is 0 Å². The van der Waals surface area contributed by atoms with Crippen molar-refractivity contribution in [2.75, 3.05) is 18.4 Å². The van der Waals surface area contributed by atoms with Gasteiger partial charge in [0.05, 0.1) is 10.6 Å². The van der Waals surface area contributed by atoms with Gasteiger partial charge in [0, 0.05) is 30.4 Å². The maximum Gasteiger partial charge on any atom is 0.228 e. The highest BCUT2D eigenvalue weighted by Gasteiger charge is 2.25. The number of amides is 1. The number of fused-ring (bicyclic) bond motifs is 1. The molecule has 1 fully saturated rings. The first-order chi connectivity index (χ1) is 12.3. The summed E-state index contributed by atoms with van der Waals surface area (Å²) in [5.74, 6) is 0.175. The van der Waals surface area contributed by atoms with Gasteiger partial charge < -0.3 is 5.32 Å². The molecule has 2 aromatic carbocycles. The zero-order valence-corrected chi connectivity index (χ0v) is 14.8. The van der Waals surface area contributed by atoms with Gasteiger partial charge in [-0.05, 0) is 54.7 Å². The van der Waals surface area contributed by atoms with Crippen LogP contribution in [0.5, 0.6) is 0 Å². The predicted octanol–water partition coefficient (Wildman–Crippen LogP) is 4.15. The van der Waals surface area contributed by atoms with Crippen molar-refractivity contribution in [2.45, 2.75) is 19.4 Å². The third-order valence-electron chi connectivity index (χ3n) is 4.75. The van der Waals surface area contributed by atoms with Crippen LogP contribution in [0, 0.1) is 5.92 Å². The van der Waals surface area contributed by atoms with Crippen LogP contribution in [-0.2, 0) is 11.3 Å². The van der Waals surface area contributed by atoms with Crippen LogP contribution in [0.4, 0.5) is 5.69 Å². The predicted molar refractivity (Wildman–Crippen MR) is 103 cm³/mol. The molecule has 1 N–H and O–H groups in total. The van der Waals surface area contributed by atoms with Crippen LogP contribution >= 0.6 is 11.5 Å². The van der Waals surface area contributed by atoms with Crippen molar-refractivity contribution in [1.29, 1.82) is 0 Å². The molecule has 0 radical (unpaired) electrons. The lowest BCUT2D eigenvalue weighted by Gasteiger charge is -2.32. The summed E-state index contributed by atoms with van der Waals surface area (Å²) in [5.41, 5.74) is 2.16. The number of carbonyl (C=O) groups is 1. The number of likely N-dealkylation sites (tertiary alicyclic amines) is 1. The van der Waals surface area contributed by atoms with Gasteiger partial charge in [0.1, 0.15) is 0 Å². The van der Waals surface area contributed by atoms with Crippen LogP contribution in [0.15, 0.2) is 54.7 Å². The van der Waals surface area contributed by atoms with E-state index in [0.717, 1.165) is 48.2 Å². The Hall–Kier alpha value is -2.24. The van der Waals surface area contributed by atoms with Crippen molar-refractivity contribution in [3.05, 3.63) is 60.3 Å². The van der Waals surface area contributed by atoms with E-state index in [1.165, 1.54) is 17.1 Å². The Morgan fingerprint density at radius 1 is 1.24 bits per heavy atom. The number of nitrogens with one attached hydrogen (secondary N) is 1. The molecule has 4 rings (SSSR count). The van der Waals surface area contributed by atoms with E-state index in [4.69, 9.17) is 0 Å². The molecule has 1 amide bonds. The topological polar surface area (TPSA) is 45.2 Å². The molecule has 4 nitrogen and oxygen atoms in total. The third kappa shape index (κ3) is 3.89. The number of aromatic nitrogens is 1. The van der Waals surface area contributed by atoms with Crippen molar-refractivity contribution in [1.82, 2.24) is 9.27 Å². The first-order valence-corrected chi connectivity index (χ1v) is 9.47. The Bertz CT molecular complexity index is 862. The van der Waals surface area contributed by atoms with Gasteiger partial charge in [0.25, 0.3) is 0 Å². The molecule has 0 aliphatic carbocycles. The average Bonchev–Trinajstić information content (AvgIpc) is 3.10. The molecular weight excluding hydrogens is 330 g/mol. The summed E-state index contributed by atoms with van der Waals surface area (Å²) in [4.78, 5) is 15.1. The summed E-state index contributed by atoms with van der Waals surface area (Å²) in [6.45, 7) is 2.80. The molecule has 0 spiro atoms. The van der Waals surface area contributed by atoms with Crippen molar-refractivity contribution >= 4 is 33.2 Å². The molecular formula is C20H21N3OS. The number of anilines is 1. The zero-order chi connectivity index (χ0) is 17.1. The number of hydrogen-bond donors (Lipinski definition) is 1. The van der Waals surface area contributed by atoms with E-state index in [1.807, 2.05) is 30.5 Å². The van der Waals surface area contributed by atoms with E-state index in [9.17, 15) is 4.79 Å². The molecule has 2 heterocycles. The average molecular weight is 351 g/mol. The SMILES string of the molecule is O=C(Nc1ccc2sncc2c1)[C@H]1CCCN(Cc2ccccc2)C1. The van der Waals surface area contributed by atoms with E-state index < -0.39 is 0 Å². The number of rotatable bonds is 4. The standard InChI is InChI=1S/C20H21N3OS/c24-20(22-18-8-9-19-17(11-18)12-21-25-19)16-7-4-10-23(14-16)13-15-5-2-1-3-6-15/h1-3,5-6,8-9,11-12,16H,4,7,10,13-14H2,(H,22,24)/t16-/m0/s1. The number of piperidine rings is 1. The van der Waals surface area contributed by atoms with Crippen molar-refractivity contribution in [3.63, 3.8) is 0 Å². The summed E-state index contributed by atoms with van der Waals surface area (Å²) >= 11 is 1.47. The monoisotopic (exact) mass is 351 g/mol. The molecule has 5 heteroatoms. The summed E-state index contributed by atoms with van der Waals surface area (Å²) in [7, 11) is 0. The lowest BCUT2D eigenvalue weighted by atomic mass is 9.96. The van der Waals surface area contributed by atoms with E-state index in [1.54, 1.807) is 0 Å². The van der Waals surface area contributed by atoms with Crippen LogP contribution < -0.4 is 5.32 Å². The molecule has 1 aliphatic rings. The van der Waals surface area contributed by atoms with Gasteiger partial charge in [-0.25, -0.2) is 0 Å². The van der Waals surface area contributed by atoms with Gasteiger partial charge in [-0.15, -0.1) is 0 Å². The summed E-state index contributed by atoms with van der Waals surface area (Å²) in [6.07, 6.45) is 3.87. The van der Waals surface area contributed by atoms with E-state index in [0.29, 0.717) is 0 Å². The summed E-state index contributed by atoms with van der Waals surface area (Å²) in [5, 5.41) is 4.17. The molecule has 0 saturated carbocycles. The minimum Gasteiger partial charge on any atom is -0.326 e. The smallest absolute Gasteiger partial charge is 0.228 e. The highest BCUT2D eigenvalue weighted by molar-refractivity contribution is 7.13. The van der Waals surface area contributed by atoms with Crippen molar-refractivity contribution in [2.24, 2.45) is 5.92 Å². The largest absolute Gasteiger partial charge is 0.326 e. The van der Waals surface area contributed by atoms with Gasteiger partial charge in [-0.3, -0.25) is 9.69 Å². The molecule has 0 unspecified atom stereocenters. The molecule has 0 bridgehead atoms. The first-order valence-electron chi connectivity index (χ1n) is 8.69. The molecule has 1 aromatic heterocycles. The molecule has 3 aromatic rings. The fraction of sp³-hybridized carbons (Fsp3) is 0.300. The number of hydrogen-bond acceptors (Lipinski definition) is 4. The van der Waals surface area contributed by atoms with Gasteiger partial charge in [0.15, 0.2) is 0 Å². The van der Waals surface area contributed by atoms with Crippen LogP contribution in [0.25, 0.3) is 10.1 Å². The number of benzene rings is 2. The Kier molecular flexibility index (Phi) is 4.76. The second kappa shape index (κ2) is 7.33. The molecule has 128 valence electrons. The van der Waals surface area contributed by atoms with E-state index >= 15 is 0 Å². The Morgan fingerprint density at radius 2 is 2.12 bits per heavy atom. The highest BCUT2D eigenvalue weighted by atomic mass is 32.1. The Balaban J connectivity index is 1.39. The minimum absolute atomic E-state index is 0.0498. The van der Waals surface area contributed by atoms with Gasteiger partial charge >= 0.3 is 0 Å². The maximum absolute atomic E-state index is 12.7. The summed E-state index contributed by atoms with van der Waals surface area (Å²) in [6, 6.07) is 16.4. The molecule has 1 atom stereocenters. The van der Waals surface area contributed by atoms with E-state index in [-0.39, 0.29) is 11.8 Å². The first kappa shape index (κ1) is 16.2. The number of nitrogens with zero attached hydrogens (tertiary/aromatic N) is 2. The van der Waals surface area contributed by atoms with Gasteiger partial charge in [-0.1, -0.05) is 30.3 Å². The lowest BCUT2D eigenvalue weighted by molar-refractivity contribution is -0.121. The van der Waals surface area contributed by atoms with Gasteiger partial charge in [-0.2, -0.15) is 4.37 Å².